The summed E-state index contributed by atoms with van der Waals surface area (Å²) in [5.41, 5.74) is 0. The quantitative estimate of drug-likeness (QED) is 0.385. The van der Waals surface area contributed by atoms with Crippen molar-refractivity contribution in [2.24, 2.45) is 0 Å². The Morgan fingerprint density at radius 3 is 1.89 bits per heavy atom. The van der Waals surface area contributed by atoms with Crippen LogP contribution in [-0.4, -0.2) is 40.8 Å². The van der Waals surface area contributed by atoms with Gasteiger partial charge < -0.3 is 0 Å². The zero-order valence-electron chi connectivity index (χ0n) is 12.9. The van der Waals surface area contributed by atoms with Crippen LogP contribution in [-0.2, 0) is 0 Å². The van der Waals surface area contributed by atoms with Crippen LogP contribution in [0.4, 0.5) is 0 Å². The van der Waals surface area contributed by atoms with Crippen molar-refractivity contribution >= 4 is 16.2 Å². The zero-order valence-corrected chi connectivity index (χ0v) is 15.3. The molecular formula is C16H34GaN. The zero-order chi connectivity index (χ0) is 13.1. The monoisotopic (exact) mass is 309 g/mol. The van der Waals surface area contributed by atoms with Gasteiger partial charge in [0, 0.05) is 0 Å². The van der Waals surface area contributed by atoms with Gasteiger partial charge in [-0.25, -0.2) is 0 Å². The fourth-order valence-corrected chi connectivity index (χ4v) is 10.4. The molecule has 1 nitrogen and oxygen atoms in total. The van der Waals surface area contributed by atoms with E-state index in [0.717, 1.165) is 0 Å². The molecule has 0 radical (unpaired) electrons. The predicted molar refractivity (Wildman–Crippen MR) is 84.9 cm³/mol. The standard InChI is InChI=1S/C12H26N.C4H8.Ga/c1-4-7-10-13(11-8-5-2)12-9-6-3;1-3-4-2;/h1,4-12H2,2-3H3;1-4H2;. The van der Waals surface area contributed by atoms with E-state index >= 15 is 0 Å². The third kappa shape index (κ3) is 7.91. The molecule has 0 unspecified atom stereocenters. The molecule has 2 heteroatoms. The van der Waals surface area contributed by atoms with Crippen LogP contribution < -0.4 is 0 Å². The molecule has 18 heavy (non-hydrogen) atoms. The molecule has 0 aliphatic carbocycles. The Morgan fingerprint density at radius 2 is 1.33 bits per heavy atom. The Labute approximate surface area is 121 Å². The molecule has 0 amide bonds. The molecule has 1 aliphatic rings. The van der Waals surface area contributed by atoms with Gasteiger partial charge in [-0.1, -0.05) is 0 Å². The van der Waals surface area contributed by atoms with Crippen molar-refractivity contribution in [2.75, 3.05) is 19.6 Å². The van der Waals surface area contributed by atoms with E-state index in [-0.39, 0.29) is 0 Å². The van der Waals surface area contributed by atoms with Gasteiger partial charge in [0.2, 0.25) is 0 Å². The van der Waals surface area contributed by atoms with Gasteiger partial charge in [0.15, 0.2) is 0 Å². The van der Waals surface area contributed by atoms with Crippen molar-refractivity contribution in [3.05, 3.63) is 0 Å². The average molecular weight is 310 g/mol. The summed E-state index contributed by atoms with van der Waals surface area (Å²) in [5, 5.41) is 0. The van der Waals surface area contributed by atoms with Gasteiger partial charge in [0.25, 0.3) is 0 Å². The summed E-state index contributed by atoms with van der Waals surface area (Å²) >= 11 is -0.660. The van der Waals surface area contributed by atoms with Crippen LogP contribution in [0.3, 0.4) is 0 Å². The minimum absolute atomic E-state index is 0.660. The van der Waals surface area contributed by atoms with Crippen LogP contribution in [0.1, 0.15) is 65.2 Å². The number of rotatable bonds is 11. The SMILES string of the molecule is CCCCN(CCCC)CCC[CH2][Ga]1[CH2]CC[CH2]1. The molecule has 0 aromatic carbocycles. The normalized spacial score (nSPS) is 15.8. The summed E-state index contributed by atoms with van der Waals surface area (Å²) in [6.07, 6.45) is 11.7. The second-order valence-electron chi connectivity index (χ2n) is 6.20. The molecular weight excluding hydrogens is 276 g/mol. The van der Waals surface area contributed by atoms with E-state index in [1.54, 1.807) is 34.2 Å². The molecule has 1 saturated heterocycles. The molecule has 106 valence electrons. The summed E-state index contributed by atoms with van der Waals surface area (Å²) < 4.78 is 0. The van der Waals surface area contributed by atoms with Crippen LogP contribution in [0.15, 0.2) is 0 Å². The third-order valence-corrected chi connectivity index (χ3v) is 12.2. The summed E-state index contributed by atoms with van der Waals surface area (Å²) in [7, 11) is 0. The summed E-state index contributed by atoms with van der Waals surface area (Å²) in [6, 6.07) is 0. The Morgan fingerprint density at radius 1 is 0.778 bits per heavy atom. The number of hydrogen-bond donors (Lipinski definition) is 0. The summed E-state index contributed by atoms with van der Waals surface area (Å²) in [5.74, 6) is 0. The van der Waals surface area contributed by atoms with E-state index in [2.05, 4.69) is 18.7 Å². The second-order valence-corrected chi connectivity index (χ2v) is 13.5. The van der Waals surface area contributed by atoms with E-state index in [1.807, 2.05) is 0 Å². The van der Waals surface area contributed by atoms with Crippen molar-refractivity contribution in [1.29, 1.82) is 0 Å². The molecule has 0 spiro atoms. The van der Waals surface area contributed by atoms with Gasteiger partial charge in [-0.2, -0.15) is 0 Å². The third-order valence-electron chi connectivity index (χ3n) is 4.47. The fourth-order valence-electron chi connectivity index (χ4n) is 3.17. The van der Waals surface area contributed by atoms with Crippen molar-refractivity contribution in [3.8, 4) is 0 Å². The van der Waals surface area contributed by atoms with Crippen LogP contribution in [0.5, 0.6) is 0 Å². The molecule has 1 aliphatic heterocycles. The average Bonchev–Trinajstić information content (AvgIpc) is 2.90. The van der Waals surface area contributed by atoms with Gasteiger partial charge >= 0.3 is 121 Å². The van der Waals surface area contributed by atoms with Crippen LogP contribution in [0.2, 0.25) is 14.9 Å². The Kier molecular flexibility index (Phi) is 10.6. The van der Waals surface area contributed by atoms with E-state index in [0.29, 0.717) is 0 Å². The Balaban J connectivity index is 2.03. The van der Waals surface area contributed by atoms with E-state index < -0.39 is 16.2 Å². The van der Waals surface area contributed by atoms with Crippen molar-refractivity contribution < 1.29 is 0 Å². The molecule has 1 rings (SSSR count). The molecule has 0 bridgehead atoms. The van der Waals surface area contributed by atoms with E-state index in [1.165, 1.54) is 51.7 Å². The Hall–Kier alpha value is 0.596. The molecule has 0 aromatic rings. The molecule has 0 aromatic heterocycles. The van der Waals surface area contributed by atoms with Gasteiger partial charge in [-0.15, -0.1) is 0 Å². The first-order valence-corrected chi connectivity index (χ1v) is 13.7. The first-order valence-electron chi connectivity index (χ1n) is 8.59. The van der Waals surface area contributed by atoms with Gasteiger partial charge in [-0.3, -0.25) is 0 Å². The molecule has 0 saturated carbocycles. The van der Waals surface area contributed by atoms with Gasteiger partial charge in [0.05, 0.1) is 0 Å². The first-order chi connectivity index (χ1) is 8.86. The molecule has 1 heterocycles. The minimum atomic E-state index is -0.660. The predicted octanol–water partition coefficient (Wildman–Crippen LogP) is 4.96. The van der Waals surface area contributed by atoms with Crippen LogP contribution >= 0.6 is 0 Å². The number of hydrogen-bond acceptors (Lipinski definition) is 1. The summed E-state index contributed by atoms with van der Waals surface area (Å²) in [4.78, 5) is 7.85. The van der Waals surface area contributed by atoms with E-state index in [9.17, 15) is 0 Å². The number of unbranched alkanes of at least 4 members (excludes halogenated alkanes) is 3. The molecule has 0 atom stereocenters. The fraction of sp³-hybridized carbons (Fsp3) is 1.00. The first kappa shape index (κ1) is 16.7. The van der Waals surface area contributed by atoms with Crippen LogP contribution in [0.25, 0.3) is 0 Å². The Bertz CT molecular complexity index is 170. The maximum atomic E-state index is 2.73. The maximum absolute atomic E-state index is 2.73. The van der Waals surface area contributed by atoms with Crippen molar-refractivity contribution in [3.63, 3.8) is 0 Å². The number of nitrogens with zero attached hydrogens (tertiary/aromatic N) is 1. The van der Waals surface area contributed by atoms with Gasteiger partial charge in [-0.05, 0) is 0 Å². The molecule has 0 N–H and O–H groups in total. The summed E-state index contributed by atoms with van der Waals surface area (Å²) in [6.45, 7) is 8.70. The molecule has 1 fully saturated rings. The van der Waals surface area contributed by atoms with Crippen molar-refractivity contribution in [1.82, 2.24) is 4.90 Å². The van der Waals surface area contributed by atoms with Crippen LogP contribution in [0, 0.1) is 0 Å². The topological polar surface area (TPSA) is 3.24 Å². The van der Waals surface area contributed by atoms with Gasteiger partial charge in [0.1, 0.15) is 0 Å². The second kappa shape index (κ2) is 11.4. The van der Waals surface area contributed by atoms with E-state index in [4.69, 9.17) is 0 Å². The van der Waals surface area contributed by atoms with Crippen molar-refractivity contribution in [2.45, 2.75) is 80.1 Å².